The van der Waals surface area contributed by atoms with E-state index in [1.165, 1.54) is 12.1 Å². The second-order valence-electron chi connectivity index (χ2n) is 6.60. The predicted molar refractivity (Wildman–Crippen MR) is 100 cm³/mol. The third kappa shape index (κ3) is 6.19. The third-order valence-electron chi connectivity index (χ3n) is 4.04. The number of hydrogen-bond donors (Lipinski definition) is 1. The van der Waals surface area contributed by atoms with Crippen molar-refractivity contribution >= 4 is 29.0 Å². The van der Waals surface area contributed by atoms with Gasteiger partial charge in [0.15, 0.2) is 12.4 Å². The van der Waals surface area contributed by atoms with Crippen molar-refractivity contribution in [1.82, 2.24) is 0 Å². The number of anilines is 1. The summed E-state index contributed by atoms with van der Waals surface area (Å²) in [5.41, 5.74) is -0.610. The Hall–Kier alpha value is -2.61. The van der Waals surface area contributed by atoms with Crippen LogP contribution in [0.3, 0.4) is 0 Å². The Balaban J connectivity index is 2.06. The zero-order valence-corrected chi connectivity index (χ0v) is 16.3. The summed E-state index contributed by atoms with van der Waals surface area (Å²) >= 11 is 5.91. The number of alkyl halides is 3. The maximum atomic E-state index is 12.9. The van der Waals surface area contributed by atoms with Crippen LogP contribution >= 0.6 is 11.6 Å². The molecule has 2 aromatic rings. The fraction of sp³-hybridized carbons (Fsp3) is 0.300. The molecule has 1 N–H and O–H groups in total. The molecule has 0 heterocycles. The zero-order chi connectivity index (χ0) is 21.8. The Morgan fingerprint density at radius 2 is 1.72 bits per heavy atom. The summed E-state index contributed by atoms with van der Waals surface area (Å²) in [7, 11) is 0. The Kier molecular flexibility index (Phi) is 7.24. The monoisotopic (exact) mass is 431 g/mol. The molecule has 0 fully saturated rings. The van der Waals surface area contributed by atoms with Crippen molar-refractivity contribution < 1.29 is 31.9 Å². The lowest BCUT2D eigenvalue weighted by molar-refractivity contribution is -0.144. The molecule has 0 bridgehead atoms. The van der Waals surface area contributed by atoms with Gasteiger partial charge in [0.25, 0.3) is 0 Å². The number of nitrogens with one attached hydrogen (secondary N) is 1. The molecular weight excluding hydrogens is 414 g/mol. The lowest BCUT2D eigenvalue weighted by atomic mass is 10.0. The van der Waals surface area contributed by atoms with Crippen LogP contribution in [0.2, 0.25) is 5.02 Å². The van der Waals surface area contributed by atoms with Gasteiger partial charge in [0.05, 0.1) is 16.3 Å². The lowest BCUT2D eigenvalue weighted by Crippen LogP contribution is -2.37. The van der Waals surface area contributed by atoms with Gasteiger partial charge in [0.1, 0.15) is 11.9 Å². The van der Waals surface area contributed by atoms with E-state index in [1.54, 1.807) is 13.8 Å². The molecule has 0 aliphatic carbocycles. The van der Waals surface area contributed by atoms with Gasteiger partial charge in [-0.1, -0.05) is 25.4 Å². The Morgan fingerprint density at radius 3 is 2.24 bits per heavy atom. The summed E-state index contributed by atoms with van der Waals surface area (Å²) in [5, 5.41) is 2.55. The number of rotatable bonds is 7. The van der Waals surface area contributed by atoms with Crippen molar-refractivity contribution in [2.75, 3.05) is 11.9 Å². The van der Waals surface area contributed by atoms with Gasteiger partial charge in [0.2, 0.25) is 0 Å². The zero-order valence-electron chi connectivity index (χ0n) is 15.5. The first kappa shape index (κ1) is 22.7. The number of Topliss-reactive ketones (excluding diaryl/α,β-unsaturated/α-hetero) is 1. The molecule has 156 valence electrons. The first-order valence-corrected chi connectivity index (χ1v) is 8.95. The number of carbonyl (C=O) groups is 2. The minimum Gasteiger partial charge on any atom is -0.456 e. The van der Waals surface area contributed by atoms with Crippen LogP contribution < -0.4 is 5.32 Å². The summed E-state index contributed by atoms with van der Waals surface area (Å²) in [5.74, 6) is -2.11. The van der Waals surface area contributed by atoms with Gasteiger partial charge < -0.3 is 10.1 Å². The van der Waals surface area contributed by atoms with E-state index in [9.17, 15) is 27.2 Å². The molecule has 0 unspecified atom stereocenters. The predicted octanol–water partition coefficient (Wildman–Crippen LogP) is 5.36. The van der Waals surface area contributed by atoms with Gasteiger partial charge in [0, 0.05) is 5.56 Å². The van der Waals surface area contributed by atoms with Gasteiger partial charge in [-0.15, -0.1) is 0 Å². The van der Waals surface area contributed by atoms with Crippen LogP contribution in [0.1, 0.15) is 29.8 Å². The van der Waals surface area contributed by atoms with Gasteiger partial charge in [-0.3, -0.25) is 4.79 Å². The highest BCUT2D eigenvalue weighted by molar-refractivity contribution is 6.33. The molecule has 4 nitrogen and oxygen atoms in total. The highest BCUT2D eigenvalue weighted by Crippen LogP contribution is 2.34. The molecule has 9 heteroatoms. The second kappa shape index (κ2) is 9.26. The lowest BCUT2D eigenvalue weighted by Gasteiger charge is -2.22. The van der Waals surface area contributed by atoms with E-state index in [4.69, 9.17) is 16.3 Å². The third-order valence-corrected chi connectivity index (χ3v) is 4.35. The molecule has 2 rings (SSSR count). The quantitative estimate of drug-likeness (QED) is 0.364. The first-order chi connectivity index (χ1) is 13.5. The van der Waals surface area contributed by atoms with Crippen LogP contribution in [0.25, 0.3) is 0 Å². The summed E-state index contributed by atoms with van der Waals surface area (Å²) in [4.78, 5) is 24.4. The molecule has 0 radical (unpaired) electrons. The number of ketones is 1. The fourth-order valence-electron chi connectivity index (χ4n) is 2.42. The highest BCUT2D eigenvalue weighted by Gasteiger charge is 2.31. The van der Waals surface area contributed by atoms with Crippen molar-refractivity contribution in [1.29, 1.82) is 0 Å². The van der Waals surface area contributed by atoms with E-state index in [0.29, 0.717) is 0 Å². The largest absolute Gasteiger partial charge is 0.456 e. The molecule has 0 spiro atoms. The van der Waals surface area contributed by atoms with Crippen LogP contribution in [-0.2, 0) is 15.7 Å². The van der Waals surface area contributed by atoms with E-state index in [1.807, 2.05) is 0 Å². The number of carbonyl (C=O) groups excluding carboxylic acids is 2. The minimum atomic E-state index is -4.54. The van der Waals surface area contributed by atoms with Crippen molar-refractivity contribution in [3.8, 4) is 0 Å². The maximum absolute atomic E-state index is 12.9. The molecule has 29 heavy (non-hydrogen) atoms. The molecule has 0 saturated carbocycles. The SMILES string of the molecule is CC(C)[C@@H](Nc1ccc(C(F)(F)F)cc1Cl)C(=O)OCC(=O)c1ccc(F)cc1. The smallest absolute Gasteiger partial charge is 0.416 e. The standard InChI is InChI=1S/C20H18ClF4NO3/c1-11(2)18(26-16-8-5-13(9-15(16)21)20(23,24)25)19(28)29-10-17(27)12-3-6-14(22)7-4-12/h3-9,11,18,26H,10H2,1-2H3/t18-/m1/s1. The molecule has 0 aromatic heterocycles. The fourth-order valence-corrected chi connectivity index (χ4v) is 2.65. The molecule has 0 saturated heterocycles. The Bertz CT molecular complexity index is 882. The minimum absolute atomic E-state index is 0.125. The van der Waals surface area contributed by atoms with Crippen LogP contribution in [0.4, 0.5) is 23.2 Å². The Labute approximate surface area is 169 Å². The van der Waals surface area contributed by atoms with Crippen LogP contribution in [0.5, 0.6) is 0 Å². The van der Waals surface area contributed by atoms with E-state index >= 15 is 0 Å². The summed E-state index contributed by atoms with van der Waals surface area (Å²) < 4.78 is 56.2. The molecular formula is C20H18ClF4NO3. The van der Waals surface area contributed by atoms with Crippen molar-refractivity contribution in [3.63, 3.8) is 0 Å². The number of hydrogen-bond acceptors (Lipinski definition) is 4. The average molecular weight is 432 g/mol. The molecule has 0 aliphatic heterocycles. The summed E-state index contributed by atoms with van der Waals surface area (Å²) in [6, 6.07) is 6.53. The number of halogens is 5. The first-order valence-electron chi connectivity index (χ1n) is 8.57. The number of ether oxygens (including phenoxy) is 1. The van der Waals surface area contributed by atoms with Gasteiger partial charge in [-0.25, -0.2) is 9.18 Å². The van der Waals surface area contributed by atoms with Crippen molar-refractivity contribution in [2.24, 2.45) is 5.92 Å². The maximum Gasteiger partial charge on any atom is 0.416 e. The van der Waals surface area contributed by atoms with Crippen LogP contribution in [0, 0.1) is 11.7 Å². The molecule has 1 atom stereocenters. The van der Waals surface area contributed by atoms with Gasteiger partial charge in [-0.05, 0) is 48.4 Å². The summed E-state index contributed by atoms with van der Waals surface area (Å²) in [6.07, 6.45) is -4.54. The van der Waals surface area contributed by atoms with E-state index in [0.717, 1.165) is 30.3 Å². The topological polar surface area (TPSA) is 55.4 Å². The van der Waals surface area contributed by atoms with Crippen molar-refractivity contribution in [2.45, 2.75) is 26.1 Å². The second-order valence-corrected chi connectivity index (χ2v) is 7.00. The Morgan fingerprint density at radius 1 is 1.10 bits per heavy atom. The van der Waals surface area contributed by atoms with Crippen LogP contribution in [0.15, 0.2) is 42.5 Å². The summed E-state index contributed by atoms with van der Waals surface area (Å²) in [6.45, 7) is 2.83. The van der Waals surface area contributed by atoms with E-state index in [2.05, 4.69) is 5.32 Å². The van der Waals surface area contributed by atoms with Gasteiger partial charge in [-0.2, -0.15) is 13.2 Å². The molecule has 0 aliphatic rings. The molecule has 0 amide bonds. The average Bonchev–Trinajstić information content (AvgIpc) is 2.64. The normalized spacial score (nSPS) is 12.6. The van der Waals surface area contributed by atoms with E-state index < -0.39 is 42.0 Å². The molecule has 2 aromatic carbocycles. The number of benzene rings is 2. The van der Waals surface area contributed by atoms with Gasteiger partial charge >= 0.3 is 12.1 Å². The van der Waals surface area contributed by atoms with Crippen LogP contribution in [-0.4, -0.2) is 24.4 Å². The van der Waals surface area contributed by atoms with E-state index in [-0.39, 0.29) is 22.2 Å². The number of esters is 1. The van der Waals surface area contributed by atoms with Crippen molar-refractivity contribution in [3.05, 3.63) is 64.4 Å². The highest BCUT2D eigenvalue weighted by atomic mass is 35.5.